The number of piperazine rings is 1. The average Bonchev–Trinajstić information content (AvgIpc) is 2.80. The molecule has 3 aromatic rings. The van der Waals surface area contributed by atoms with E-state index in [-0.39, 0.29) is 22.1 Å². The predicted octanol–water partition coefficient (Wildman–Crippen LogP) is 3.58. The van der Waals surface area contributed by atoms with Gasteiger partial charge in [-0.15, -0.1) is 0 Å². The number of methoxy groups -OCH3 is 1. The van der Waals surface area contributed by atoms with E-state index in [1.165, 1.54) is 19.2 Å². The molecule has 7 heteroatoms. The van der Waals surface area contributed by atoms with E-state index in [0.717, 1.165) is 51.1 Å². The molecule has 170 valence electrons. The number of unbranched alkanes of at least 4 members (excludes halogenated alkanes) is 1. The molecule has 7 nitrogen and oxygen atoms in total. The van der Waals surface area contributed by atoms with Crippen molar-refractivity contribution < 1.29 is 19.0 Å². The van der Waals surface area contributed by atoms with E-state index < -0.39 is 0 Å². The normalized spacial score (nSPS) is 15.2. The molecule has 1 aliphatic rings. The molecule has 4 rings (SSSR count). The number of nitrogens with zero attached hydrogens (tertiary/aromatic N) is 2. The van der Waals surface area contributed by atoms with Crippen molar-refractivity contribution in [2.45, 2.75) is 12.8 Å². The highest BCUT2D eigenvalue weighted by atomic mass is 16.5. The Bertz CT molecular complexity index is 1100. The highest BCUT2D eigenvalue weighted by Gasteiger charge is 2.20. The molecule has 0 spiro atoms. The van der Waals surface area contributed by atoms with E-state index in [1.807, 2.05) is 30.3 Å². The molecule has 2 aromatic carbocycles. The lowest BCUT2D eigenvalue weighted by molar-refractivity contribution is 0.149. The third-order valence-corrected chi connectivity index (χ3v) is 5.89. The van der Waals surface area contributed by atoms with E-state index in [4.69, 9.17) is 13.9 Å². The van der Waals surface area contributed by atoms with Gasteiger partial charge in [-0.3, -0.25) is 4.79 Å². The molecule has 0 amide bonds. The van der Waals surface area contributed by atoms with Gasteiger partial charge < -0.3 is 28.8 Å². The number of hydrogen-bond acceptors (Lipinski definition) is 7. The zero-order chi connectivity index (χ0) is 22.5. The van der Waals surface area contributed by atoms with Gasteiger partial charge in [0.1, 0.15) is 16.9 Å². The number of fused-ring (bicyclic) bond motifs is 1. The van der Waals surface area contributed by atoms with Gasteiger partial charge in [0.2, 0.25) is 5.75 Å². The van der Waals surface area contributed by atoms with Gasteiger partial charge in [0, 0.05) is 43.9 Å². The summed E-state index contributed by atoms with van der Waals surface area (Å²) in [5.41, 5.74) is 0.620. The number of rotatable bonds is 8. The largest absolute Gasteiger partial charge is 0.507 e. The van der Waals surface area contributed by atoms with Crippen LogP contribution in [0.5, 0.6) is 17.2 Å². The summed E-state index contributed by atoms with van der Waals surface area (Å²) in [7, 11) is 3.66. The van der Waals surface area contributed by atoms with E-state index in [9.17, 15) is 9.90 Å². The second kappa shape index (κ2) is 10.1. The predicted molar refractivity (Wildman–Crippen MR) is 125 cm³/mol. The van der Waals surface area contributed by atoms with Gasteiger partial charge in [-0.25, -0.2) is 0 Å². The second-order valence-electron chi connectivity index (χ2n) is 8.17. The second-order valence-corrected chi connectivity index (χ2v) is 8.17. The summed E-state index contributed by atoms with van der Waals surface area (Å²) in [6, 6.07) is 12.2. The molecule has 2 heterocycles. The molecule has 1 aliphatic heterocycles. The van der Waals surface area contributed by atoms with E-state index in [0.29, 0.717) is 23.9 Å². The summed E-state index contributed by atoms with van der Waals surface area (Å²) in [6.07, 6.45) is 1.90. The molecule has 1 N–H and O–H groups in total. The summed E-state index contributed by atoms with van der Waals surface area (Å²) < 4.78 is 17.5. The van der Waals surface area contributed by atoms with Crippen molar-refractivity contribution in [2.75, 3.05) is 53.5 Å². The summed E-state index contributed by atoms with van der Waals surface area (Å²) in [5, 5.41) is 10.6. The fraction of sp³-hybridized carbons (Fsp3) is 0.400. The first-order valence-corrected chi connectivity index (χ1v) is 11.0. The molecular formula is C25H30N2O5. The Kier molecular flexibility index (Phi) is 6.97. The van der Waals surface area contributed by atoms with Crippen LogP contribution in [0.3, 0.4) is 0 Å². The Morgan fingerprint density at radius 3 is 2.53 bits per heavy atom. The first-order valence-electron chi connectivity index (χ1n) is 11.0. The van der Waals surface area contributed by atoms with Crippen molar-refractivity contribution in [1.29, 1.82) is 0 Å². The smallest absolute Gasteiger partial charge is 0.205 e. The minimum Gasteiger partial charge on any atom is -0.507 e. The van der Waals surface area contributed by atoms with Crippen molar-refractivity contribution in [3.8, 4) is 28.6 Å². The first-order chi connectivity index (χ1) is 15.6. The van der Waals surface area contributed by atoms with Gasteiger partial charge in [-0.05, 0) is 26.4 Å². The Morgan fingerprint density at radius 2 is 1.81 bits per heavy atom. The van der Waals surface area contributed by atoms with Gasteiger partial charge in [-0.2, -0.15) is 0 Å². The van der Waals surface area contributed by atoms with Crippen LogP contribution >= 0.6 is 0 Å². The standard InChI is InChI=1S/C25H30N2O5/c1-26-11-13-27(14-12-26)10-6-7-15-31-22-17-20(29)23-19(28)16-21(18-8-4-3-5-9-18)32-25(23)24(22)30-2/h3-5,8-9,16-17,29H,6-7,10-15H2,1-2H3. The molecule has 0 unspecified atom stereocenters. The van der Waals surface area contributed by atoms with Crippen molar-refractivity contribution in [2.24, 2.45) is 0 Å². The lowest BCUT2D eigenvalue weighted by atomic mass is 10.1. The van der Waals surface area contributed by atoms with Crippen LogP contribution in [0.1, 0.15) is 12.8 Å². The molecule has 0 aliphatic carbocycles. The molecule has 0 atom stereocenters. The Morgan fingerprint density at radius 1 is 1.06 bits per heavy atom. The van der Waals surface area contributed by atoms with Crippen LogP contribution in [-0.2, 0) is 0 Å². The van der Waals surface area contributed by atoms with Crippen molar-refractivity contribution >= 4 is 11.0 Å². The fourth-order valence-corrected chi connectivity index (χ4v) is 4.01. The zero-order valence-electron chi connectivity index (χ0n) is 18.7. The quantitative estimate of drug-likeness (QED) is 0.539. The molecule has 0 saturated carbocycles. The molecule has 0 bridgehead atoms. The van der Waals surface area contributed by atoms with Crippen LogP contribution < -0.4 is 14.9 Å². The summed E-state index contributed by atoms with van der Waals surface area (Å²) in [6.45, 7) is 5.96. The van der Waals surface area contributed by atoms with Gasteiger partial charge in [-0.1, -0.05) is 30.3 Å². The lowest BCUT2D eigenvalue weighted by Crippen LogP contribution is -2.44. The minimum absolute atomic E-state index is 0.0870. The molecule has 1 saturated heterocycles. The topological polar surface area (TPSA) is 75.4 Å². The van der Waals surface area contributed by atoms with Crippen LogP contribution in [0.25, 0.3) is 22.3 Å². The maximum Gasteiger partial charge on any atom is 0.205 e. The van der Waals surface area contributed by atoms with Crippen LogP contribution in [0.15, 0.2) is 51.7 Å². The number of hydrogen-bond donors (Lipinski definition) is 1. The number of ether oxygens (including phenoxy) is 2. The average molecular weight is 439 g/mol. The molecule has 32 heavy (non-hydrogen) atoms. The first kappa shape index (κ1) is 22.2. The van der Waals surface area contributed by atoms with Crippen molar-refractivity contribution in [1.82, 2.24) is 9.80 Å². The Balaban J connectivity index is 1.50. The van der Waals surface area contributed by atoms with Gasteiger partial charge in [0.25, 0.3) is 0 Å². The van der Waals surface area contributed by atoms with Gasteiger partial charge in [0.05, 0.1) is 13.7 Å². The van der Waals surface area contributed by atoms with Gasteiger partial charge >= 0.3 is 0 Å². The molecule has 1 fully saturated rings. The number of aromatic hydroxyl groups is 1. The SMILES string of the molecule is COc1c(OCCCCN2CCN(C)CC2)cc(O)c2c(=O)cc(-c3ccccc3)oc12. The molecular weight excluding hydrogens is 408 g/mol. The number of likely N-dealkylation sites (N-methyl/N-ethyl adjacent to an activating group) is 1. The molecule has 1 aromatic heterocycles. The van der Waals surface area contributed by atoms with Crippen LogP contribution in [-0.4, -0.2) is 68.4 Å². The van der Waals surface area contributed by atoms with Crippen molar-refractivity contribution in [3.05, 3.63) is 52.7 Å². The fourth-order valence-electron chi connectivity index (χ4n) is 4.01. The zero-order valence-corrected chi connectivity index (χ0v) is 18.7. The number of phenolic OH excluding ortho intramolecular Hbond substituents is 1. The van der Waals surface area contributed by atoms with Crippen LogP contribution in [0.4, 0.5) is 0 Å². The van der Waals surface area contributed by atoms with E-state index in [2.05, 4.69) is 16.8 Å². The summed E-state index contributed by atoms with van der Waals surface area (Å²) in [5.74, 6) is 0.906. The third-order valence-electron chi connectivity index (χ3n) is 5.89. The molecule has 0 radical (unpaired) electrons. The Labute approximate surface area is 187 Å². The minimum atomic E-state index is -0.334. The maximum absolute atomic E-state index is 12.7. The number of phenols is 1. The van der Waals surface area contributed by atoms with Gasteiger partial charge in [0.15, 0.2) is 16.8 Å². The van der Waals surface area contributed by atoms with E-state index >= 15 is 0 Å². The summed E-state index contributed by atoms with van der Waals surface area (Å²) in [4.78, 5) is 17.5. The number of benzene rings is 2. The Hall–Kier alpha value is -3.03. The maximum atomic E-state index is 12.7. The van der Waals surface area contributed by atoms with Crippen LogP contribution in [0, 0.1) is 0 Å². The van der Waals surface area contributed by atoms with Crippen LogP contribution in [0.2, 0.25) is 0 Å². The van der Waals surface area contributed by atoms with E-state index in [1.54, 1.807) is 0 Å². The monoisotopic (exact) mass is 438 g/mol. The third kappa shape index (κ3) is 4.89. The highest BCUT2D eigenvalue weighted by Crippen LogP contribution is 2.41. The lowest BCUT2D eigenvalue weighted by Gasteiger charge is -2.32. The highest BCUT2D eigenvalue weighted by molar-refractivity contribution is 5.91. The van der Waals surface area contributed by atoms with Crippen molar-refractivity contribution in [3.63, 3.8) is 0 Å². The summed E-state index contributed by atoms with van der Waals surface area (Å²) >= 11 is 0.